The van der Waals surface area contributed by atoms with Crippen molar-refractivity contribution < 1.29 is 9.13 Å². The highest BCUT2D eigenvalue weighted by Crippen LogP contribution is 2.12. The van der Waals surface area contributed by atoms with Gasteiger partial charge in [-0.15, -0.1) is 0 Å². The van der Waals surface area contributed by atoms with Gasteiger partial charge in [0, 0.05) is 24.3 Å². The normalized spacial score (nSPS) is 11.5. The first-order chi connectivity index (χ1) is 12.8. The highest BCUT2D eigenvalue weighted by Gasteiger charge is 1.96. The van der Waals surface area contributed by atoms with Crippen LogP contribution in [-0.4, -0.2) is 0 Å². The molecule has 0 N–H and O–H groups in total. The number of hydrogen-bond donors (Lipinski definition) is 0. The van der Waals surface area contributed by atoms with E-state index in [1.54, 1.807) is 0 Å². The van der Waals surface area contributed by atoms with Crippen LogP contribution in [0.4, 0.5) is 0 Å². The zero-order chi connectivity index (χ0) is 18.2. The Morgan fingerprint density at radius 2 is 0.769 bits per heavy atom. The lowest BCUT2D eigenvalue weighted by atomic mass is 10.1. The van der Waals surface area contributed by atoms with Crippen LogP contribution in [0.3, 0.4) is 0 Å². The van der Waals surface area contributed by atoms with Crippen LogP contribution in [0.2, 0.25) is 0 Å². The summed E-state index contributed by atoms with van der Waals surface area (Å²) in [6.45, 7) is 6.29. The predicted molar refractivity (Wildman–Crippen MR) is 109 cm³/mol. The second-order valence-electron chi connectivity index (χ2n) is 6.26. The van der Waals surface area contributed by atoms with Gasteiger partial charge in [0.1, 0.15) is 13.1 Å². The van der Waals surface area contributed by atoms with Crippen molar-refractivity contribution in [2.75, 3.05) is 0 Å². The van der Waals surface area contributed by atoms with E-state index in [2.05, 4.69) is 121 Å². The number of nitrogens with zero attached hydrogens (tertiary/aromatic N) is 2. The Labute approximate surface area is 156 Å². The minimum atomic E-state index is 1.00. The molecule has 0 aliphatic heterocycles. The van der Waals surface area contributed by atoms with Crippen LogP contribution in [0, 0.1) is 0 Å². The lowest BCUT2D eigenvalue weighted by Gasteiger charge is -1.98. The molecule has 0 atom stereocenters. The first-order valence-corrected chi connectivity index (χ1v) is 9.21. The summed E-state index contributed by atoms with van der Waals surface area (Å²) < 4.78 is 4.32. The maximum atomic E-state index is 2.16. The molecule has 3 aromatic rings. The van der Waals surface area contributed by atoms with Crippen molar-refractivity contribution in [3.8, 4) is 0 Å². The van der Waals surface area contributed by atoms with Crippen LogP contribution in [0.25, 0.3) is 24.3 Å². The molecule has 0 saturated heterocycles. The van der Waals surface area contributed by atoms with Crippen LogP contribution in [-0.2, 0) is 13.1 Å². The van der Waals surface area contributed by atoms with E-state index in [-0.39, 0.29) is 0 Å². The maximum Gasteiger partial charge on any atom is 0.169 e. The Morgan fingerprint density at radius 1 is 0.500 bits per heavy atom. The molecule has 0 bridgehead atoms. The van der Waals surface area contributed by atoms with Crippen LogP contribution in [0.5, 0.6) is 0 Å². The van der Waals surface area contributed by atoms with Gasteiger partial charge in [0.25, 0.3) is 0 Å². The van der Waals surface area contributed by atoms with E-state index in [0.717, 1.165) is 13.1 Å². The van der Waals surface area contributed by atoms with Crippen LogP contribution < -0.4 is 9.13 Å². The minimum Gasteiger partial charge on any atom is -0.205 e. The number of aryl methyl sites for hydroxylation is 2. The zero-order valence-corrected chi connectivity index (χ0v) is 15.5. The Bertz CT molecular complexity index is 795. The molecule has 2 nitrogen and oxygen atoms in total. The maximum absolute atomic E-state index is 2.16. The first-order valence-electron chi connectivity index (χ1n) is 9.21. The lowest BCUT2D eigenvalue weighted by molar-refractivity contribution is -0.693. The fourth-order valence-corrected chi connectivity index (χ4v) is 2.68. The van der Waals surface area contributed by atoms with Gasteiger partial charge in [-0.3, -0.25) is 0 Å². The monoisotopic (exact) mass is 342 g/mol. The van der Waals surface area contributed by atoms with E-state index >= 15 is 0 Å². The third kappa shape index (κ3) is 5.00. The largest absolute Gasteiger partial charge is 0.205 e. The first kappa shape index (κ1) is 17.8. The molecule has 0 amide bonds. The summed E-state index contributed by atoms with van der Waals surface area (Å²) in [6, 6.07) is 17.2. The number of benzene rings is 1. The highest BCUT2D eigenvalue weighted by molar-refractivity contribution is 5.72. The zero-order valence-electron chi connectivity index (χ0n) is 15.5. The fraction of sp³-hybridized carbons (Fsp3) is 0.167. The molecule has 0 saturated carbocycles. The van der Waals surface area contributed by atoms with Gasteiger partial charge in [0.2, 0.25) is 0 Å². The summed E-state index contributed by atoms with van der Waals surface area (Å²) >= 11 is 0. The number of hydrogen-bond acceptors (Lipinski definition) is 0. The van der Waals surface area contributed by atoms with Crippen molar-refractivity contribution in [2.24, 2.45) is 0 Å². The SMILES string of the molecule is CC[n+]1ccc(/C=C/c2ccc(/C=C/c3cc[n+](CC)cc3)cc2)cc1. The van der Waals surface area contributed by atoms with E-state index < -0.39 is 0 Å². The molecule has 2 heteroatoms. The van der Waals surface area contributed by atoms with Crippen molar-refractivity contribution in [2.45, 2.75) is 26.9 Å². The minimum absolute atomic E-state index is 1.00. The molecule has 0 fully saturated rings. The van der Waals surface area contributed by atoms with E-state index in [9.17, 15) is 0 Å². The van der Waals surface area contributed by atoms with E-state index in [1.165, 1.54) is 22.3 Å². The second kappa shape index (κ2) is 8.91. The van der Waals surface area contributed by atoms with Gasteiger partial charge in [-0.05, 0) is 36.1 Å². The molecule has 3 rings (SSSR count). The number of aromatic nitrogens is 2. The smallest absolute Gasteiger partial charge is 0.169 e. The lowest BCUT2D eigenvalue weighted by Crippen LogP contribution is -2.30. The molecule has 0 aliphatic rings. The molecule has 26 heavy (non-hydrogen) atoms. The highest BCUT2D eigenvalue weighted by atomic mass is 14.9. The standard InChI is InChI=1S/C24H26N2/c1-3-25-17-13-23(14-18-25)11-9-21-5-7-22(8-6-21)10-12-24-15-19-26(4-2)20-16-24/h5-20H,3-4H2,1-2H3/q+2/b11-9+,12-10+. The van der Waals surface area contributed by atoms with Crippen molar-refractivity contribution in [1.82, 2.24) is 0 Å². The Balaban J connectivity index is 1.63. The van der Waals surface area contributed by atoms with Crippen LogP contribution >= 0.6 is 0 Å². The topological polar surface area (TPSA) is 7.76 Å². The van der Waals surface area contributed by atoms with Crippen molar-refractivity contribution >= 4 is 24.3 Å². The fourth-order valence-electron chi connectivity index (χ4n) is 2.68. The molecule has 0 radical (unpaired) electrons. The summed E-state index contributed by atoms with van der Waals surface area (Å²) in [4.78, 5) is 0. The number of pyridine rings is 2. The quantitative estimate of drug-likeness (QED) is 0.577. The summed E-state index contributed by atoms with van der Waals surface area (Å²) in [5.41, 5.74) is 4.84. The third-order valence-electron chi connectivity index (χ3n) is 4.44. The van der Waals surface area contributed by atoms with Gasteiger partial charge in [-0.2, -0.15) is 0 Å². The molecule has 0 spiro atoms. The molecule has 2 aromatic heterocycles. The van der Waals surface area contributed by atoms with E-state index in [4.69, 9.17) is 0 Å². The molecule has 0 unspecified atom stereocenters. The van der Waals surface area contributed by atoms with Gasteiger partial charge in [-0.25, -0.2) is 9.13 Å². The summed E-state index contributed by atoms with van der Waals surface area (Å²) in [7, 11) is 0. The van der Waals surface area contributed by atoms with Gasteiger partial charge < -0.3 is 0 Å². The van der Waals surface area contributed by atoms with Crippen LogP contribution in [0.1, 0.15) is 36.1 Å². The summed E-state index contributed by atoms with van der Waals surface area (Å²) in [6.07, 6.45) is 17.0. The average Bonchev–Trinajstić information content (AvgIpc) is 2.72. The summed E-state index contributed by atoms with van der Waals surface area (Å²) in [5, 5.41) is 0. The Hall–Kier alpha value is -3.00. The molecular weight excluding hydrogens is 316 g/mol. The van der Waals surface area contributed by atoms with E-state index in [1.807, 2.05) is 0 Å². The van der Waals surface area contributed by atoms with Crippen molar-refractivity contribution in [3.05, 3.63) is 95.6 Å². The van der Waals surface area contributed by atoms with Gasteiger partial charge in [0.05, 0.1) is 0 Å². The molecule has 130 valence electrons. The molecular formula is C24H26N2+2. The Kier molecular flexibility index (Phi) is 6.10. The third-order valence-corrected chi connectivity index (χ3v) is 4.44. The van der Waals surface area contributed by atoms with Crippen molar-refractivity contribution in [3.63, 3.8) is 0 Å². The van der Waals surface area contributed by atoms with Crippen molar-refractivity contribution in [1.29, 1.82) is 0 Å². The van der Waals surface area contributed by atoms with E-state index in [0.29, 0.717) is 0 Å². The van der Waals surface area contributed by atoms with Gasteiger partial charge >= 0.3 is 0 Å². The second-order valence-corrected chi connectivity index (χ2v) is 6.26. The predicted octanol–water partition coefficient (Wildman–Crippen LogP) is 4.64. The molecule has 1 aromatic carbocycles. The molecule has 2 heterocycles. The van der Waals surface area contributed by atoms with Gasteiger partial charge in [0.15, 0.2) is 24.8 Å². The Morgan fingerprint density at radius 3 is 1.04 bits per heavy atom. The van der Waals surface area contributed by atoms with Gasteiger partial charge in [-0.1, -0.05) is 48.6 Å². The average molecular weight is 342 g/mol. The molecule has 0 aliphatic carbocycles. The van der Waals surface area contributed by atoms with Crippen LogP contribution in [0.15, 0.2) is 73.3 Å². The number of rotatable bonds is 6. The summed E-state index contributed by atoms with van der Waals surface area (Å²) in [5.74, 6) is 0.